The van der Waals surface area contributed by atoms with Crippen LogP contribution in [0, 0.1) is 5.92 Å². The van der Waals surface area contributed by atoms with Gasteiger partial charge in [0.1, 0.15) is 11.9 Å². The quantitative estimate of drug-likeness (QED) is 0.605. The molecule has 0 radical (unpaired) electrons. The molecular formula is C25H33NO4. The van der Waals surface area contributed by atoms with E-state index in [1.54, 1.807) is 0 Å². The van der Waals surface area contributed by atoms with Gasteiger partial charge in [-0.05, 0) is 79.0 Å². The third kappa shape index (κ3) is 5.45. The number of likely N-dealkylation sites (tertiary alicyclic amines) is 1. The summed E-state index contributed by atoms with van der Waals surface area (Å²) >= 11 is 0. The van der Waals surface area contributed by atoms with E-state index in [9.17, 15) is 4.79 Å². The molecule has 2 aliphatic rings. The van der Waals surface area contributed by atoms with Crippen LogP contribution >= 0.6 is 0 Å². The molecule has 2 aromatic rings. The highest BCUT2D eigenvalue weighted by Gasteiger charge is 2.23. The molecule has 2 fully saturated rings. The van der Waals surface area contributed by atoms with Crippen molar-refractivity contribution in [1.82, 2.24) is 4.90 Å². The first-order valence-electron chi connectivity index (χ1n) is 11.4. The zero-order valence-corrected chi connectivity index (χ0v) is 17.9. The van der Waals surface area contributed by atoms with Crippen LogP contribution in [0.1, 0.15) is 57.4 Å². The lowest BCUT2D eigenvalue weighted by Crippen LogP contribution is -2.37. The molecule has 2 aromatic carbocycles. The van der Waals surface area contributed by atoms with Gasteiger partial charge in [-0.25, -0.2) is 4.79 Å². The van der Waals surface area contributed by atoms with Crippen LogP contribution in [-0.2, 0) is 11.3 Å². The molecule has 1 aliphatic carbocycles. The first-order chi connectivity index (χ1) is 14.6. The molecule has 1 saturated heterocycles. The van der Waals surface area contributed by atoms with Crippen molar-refractivity contribution in [3.05, 3.63) is 42.0 Å². The van der Waals surface area contributed by atoms with E-state index in [-0.39, 0.29) is 6.10 Å². The molecule has 0 bridgehead atoms. The first-order valence-corrected chi connectivity index (χ1v) is 11.4. The normalized spacial score (nSPS) is 23.4. The summed E-state index contributed by atoms with van der Waals surface area (Å²) in [6.45, 7) is 4.90. The number of rotatable bonds is 6. The topological polar surface area (TPSA) is 59.0 Å². The van der Waals surface area contributed by atoms with E-state index in [1.165, 1.54) is 48.4 Å². The molecule has 162 valence electrons. The molecule has 30 heavy (non-hydrogen) atoms. The largest absolute Gasteiger partial charge is 0.506 e. The van der Waals surface area contributed by atoms with Crippen LogP contribution < -0.4 is 4.74 Å². The molecule has 4 rings (SSSR count). The number of ether oxygens (including phenoxy) is 2. The number of fused-ring (bicyclic) bond motifs is 1. The second-order valence-electron chi connectivity index (χ2n) is 8.87. The minimum atomic E-state index is -1.17. The molecule has 1 heterocycles. The number of hydrogen-bond acceptors (Lipinski definition) is 4. The number of piperidine rings is 1. The first kappa shape index (κ1) is 21.0. The van der Waals surface area contributed by atoms with E-state index >= 15 is 0 Å². The fourth-order valence-corrected chi connectivity index (χ4v) is 4.88. The highest BCUT2D eigenvalue weighted by Crippen LogP contribution is 2.31. The Morgan fingerprint density at radius 2 is 1.67 bits per heavy atom. The van der Waals surface area contributed by atoms with Crippen LogP contribution in [0.4, 0.5) is 4.79 Å². The number of benzene rings is 2. The third-order valence-corrected chi connectivity index (χ3v) is 6.76. The van der Waals surface area contributed by atoms with Crippen molar-refractivity contribution < 1.29 is 19.4 Å². The van der Waals surface area contributed by atoms with Crippen LogP contribution in [0.25, 0.3) is 10.8 Å². The lowest BCUT2D eigenvalue weighted by Gasteiger charge is -2.31. The van der Waals surface area contributed by atoms with E-state index in [4.69, 9.17) is 14.6 Å². The maximum atomic E-state index is 10.7. The lowest BCUT2D eigenvalue weighted by molar-refractivity contribution is 0.0185. The van der Waals surface area contributed by atoms with Gasteiger partial charge in [0, 0.05) is 19.6 Å². The number of hydrogen-bond donors (Lipinski definition) is 1. The molecule has 5 nitrogen and oxygen atoms in total. The SMILES string of the molecule is CCC1CCC(Oc2ccc3cc(CN4CCC(OC(=O)O)CC4)ccc3c2)CC1. The van der Waals surface area contributed by atoms with E-state index in [1.807, 2.05) is 0 Å². The van der Waals surface area contributed by atoms with E-state index in [2.05, 4.69) is 48.2 Å². The van der Waals surface area contributed by atoms with Gasteiger partial charge in [-0.1, -0.05) is 31.5 Å². The predicted molar refractivity (Wildman–Crippen MR) is 118 cm³/mol. The fraction of sp³-hybridized carbons (Fsp3) is 0.560. The average Bonchev–Trinajstić information content (AvgIpc) is 2.75. The van der Waals surface area contributed by atoms with Crippen molar-refractivity contribution in [2.45, 2.75) is 70.6 Å². The third-order valence-electron chi connectivity index (χ3n) is 6.76. The number of nitrogens with zero attached hydrogens (tertiary/aromatic N) is 1. The summed E-state index contributed by atoms with van der Waals surface area (Å²) < 4.78 is 11.2. The van der Waals surface area contributed by atoms with Gasteiger partial charge in [0.05, 0.1) is 6.10 Å². The van der Waals surface area contributed by atoms with Gasteiger partial charge < -0.3 is 14.6 Å². The molecule has 0 aromatic heterocycles. The molecule has 0 spiro atoms. The Hall–Kier alpha value is -2.27. The van der Waals surface area contributed by atoms with Crippen molar-refractivity contribution in [1.29, 1.82) is 0 Å². The van der Waals surface area contributed by atoms with Crippen LogP contribution in [0.3, 0.4) is 0 Å². The maximum Gasteiger partial charge on any atom is 0.506 e. The van der Waals surface area contributed by atoms with Gasteiger partial charge in [0.2, 0.25) is 0 Å². The van der Waals surface area contributed by atoms with Crippen molar-refractivity contribution in [2.24, 2.45) is 5.92 Å². The smallest absolute Gasteiger partial charge is 0.490 e. The Morgan fingerprint density at radius 3 is 2.37 bits per heavy atom. The Bertz CT molecular complexity index is 851. The van der Waals surface area contributed by atoms with Crippen LogP contribution in [0.2, 0.25) is 0 Å². The minimum absolute atomic E-state index is 0.161. The Morgan fingerprint density at radius 1 is 0.967 bits per heavy atom. The van der Waals surface area contributed by atoms with Gasteiger partial charge >= 0.3 is 6.16 Å². The predicted octanol–water partition coefficient (Wildman–Crippen LogP) is 5.85. The van der Waals surface area contributed by atoms with Crippen LogP contribution in [-0.4, -0.2) is 41.5 Å². The summed E-state index contributed by atoms with van der Waals surface area (Å²) in [5.41, 5.74) is 1.28. The van der Waals surface area contributed by atoms with Gasteiger partial charge in [-0.3, -0.25) is 4.90 Å². The van der Waals surface area contributed by atoms with Crippen molar-refractivity contribution in [3.8, 4) is 5.75 Å². The standard InChI is InChI=1S/C25H33NO4/c1-2-18-4-8-22(9-5-18)29-24-10-7-20-15-19(3-6-21(20)16-24)17-26-13-11-23(12-14-26)30-25(27)28/h3,6-7,10,15-16,18,22-23H,2,4-5,8-9,11-14,17H2,1H3,(H,27,28). The van der Waals surface area contributed by atoms with Crippen molar-refractivity contribution >= 4 is 16.9 Å². The Balaban J connectivity index is 1.33. The van der Waals surface area contributed by atoms with Crippen molar-refractivity contribution in [3.63, 3.8) is 0 Å². The van der Waals surface area contributed by atoms with E-state index in [0.717, 1.165) is 44.1 Å². The molecule has 0 amide bonds. The van der Waals surface area contributed by atoms with Gasteiger partial charge in [0.25, 0.3) is 0 Å². The second kappa shape index (κ2) is 9.69. The molecule has 1 saturated carbocycles. The maximum absolute atomic E-state index is 10.7. The number of carboxylic acid groups (broad SMARTS) is 1. The fourth-order valence-electron chi connectivity index (χ4n) is 4.88. The summed E-state index contributed by atoms with van der Waals surface area (Å²) in [5, 5.41) is 11.2. The summed E-state index contributed by atoms with van der Waals surface area (Å²) in [6.07, 6.45) is 6.77. The average molecular weight is 412 g/mol. The summed E-state index contributed by atoms with van der Waals surface area (Å²) in [5.74, 6) is 1.87. The highest BCUT2D eigenvalue weighted by molar-refractivity contribution is 5.84. The number of carbonyl (C=O) groups is 1. The zero-order chi connectivity index (χ0) is 20.9. The van der Waals surface area contributed by atoms with Crippen molar-refractivity contribution in [2.75, 3.05) is 13.1 Å². The molecular weight excluding hydrogens is 378 g/mol. The highest BCUT2D eigenvalue weighted by atomic mass is 16.7. The minimum Gasteiger partial charge on any atom is -0.490 e. The van der Waals surface area contributed by atoms with Crippen LogP contribution in [0.15, 0.2) is 36.4 Å². The Kier molecular flexibility index (Phi) is 6.78. The van der Waals surface area contributed by atoms with E-state index < -0.39 is 6.16 Å². The zero-order valence-electron chi connectivity index (χ0n) is 17.9. The van der Waals surface area contributed by atoms with Gasteiger partial charge in [0.15, 0.2) is 0 Å². The lowest BCUT2D eigenvalue weighted by atomic mass is 9.86. The Labute approximate surface area is 179 Å². The summed E-state index contributed by atoms with van der Waals surface area (Å²) in [6, 6.07) is 13.1. The second-order valence-corrected chi connectivity index (χ2v) is 8.87. The monoisotopic (exact) mass is 411 g/mol. The van der Waals surface area contributed by atoms with Gasteiger partial charge in [-0.15, -0.1) is 0 Å². The molecule has 1 aliphatic heterocycles. The summed E-state index contributed by atoms with van der Waals surface area (Å²) in [7, 11) is 0. The molecule has 0 unspecified atom stereocenters. The van der Waals surface area contributed by atoms with Crippen LogP contribution in [0.5, 0.6) is 5.75 Å². The molecule has 5 heteroatoms. The van der Waals surface area contributed by atoms with Gasteiger partial charge in [-0.2, -0.15) is 0 Å². The molecule has 0 atom stereocenters. The van der Waals surface area contributed by atoms with E-state index in [0.29, 0.717) is 6.10 Å². The molecule has 1 N–H and O–H groups in total. The summed E-state index contributed by atoms with van der Waals surface area (Å²) in [4.78, 5) is 13.0.